The fourth-order valence-corrected chi connectivity index (χ4v) is 4.82. The van der Waals surface area contributed by atoms with Crippen LogP contribution in [0.4, 0.5) is 5.69 Å². The Morgan fingerprint density at radius 3 is 2.50 bits per heavy atom. The maximum Gasteiger partial charge on any atom is 0.258 e. The molecule has 0 atom stereocenters. The van der Waals surface area contributed by atoms with Gasteiger partial charge < -0.3 is 15.4 Å². The molecule has 0 fully saturated rings. The third-order valence-corrected chi connectivity index (χ3v) is 6.79. The molecule has 4 aromatic rings. The Kier molecular flexibility index (Phi) is 9.52. The topological polar surface area (TPSA) is 98.1 Å². The van der Waals surface area contributed by atoms with E-state index in [2.05, 4.69) is 20.8 Å². The van der Waals surface area contributed by atoms with Crippen molar-refractivity contribution in [2.24, 2.45) is 0 Å². The van der Waals surface area contributed by atoms with Crippen molar-refractivity contribution in [1.82, 2.24) is 20.1 Å². The van der Waals surface area contributed by atoms with Crippen LogP contribution in [0.5, 0.6) is 5.75 Å². The predicted octanol–water partition coefficient (Wildman–Crippen LogP) is 5.96. The number of rotatable bonds is 10. The molecule has 0 radical (unpaired) electrons. The van der Waals surface area contributed by atoms with Crippen molar-refractivity contribution in [3.8, 4) is 11.4 Å². The molecule has 8 nitrogen and oxygen atoms in total. The van der Waals surface area contributed by atoms with E-state index >= 15 is 0 Å². The second kappa shape index (κ2) is 13.0. The Bertz CT molecular complexity index is 1460. The summed E-state index contributed by atoms with van der Waals surface area (Å²) in [6.07, 6.45) is 0. The standard InChI is InChI=1S/C26H22Cl3N5O3S/c1-16-4-2-6-19(10-16)31-25(36)15-38-26-33-32-23(34(26)20-7-3-5-17(27)11-20)13-30-24(35)14-37-22-9-8-18(28)12-21(22)29/h2-12H,13-15H2,1H3,(H,30,35)(H,31,36). The van der Waals surface area contributed by atoms with Crippen molar-refractivity contribution < 1.29 is 14.3 Å². The van der Waals surface area contributed by atoms with Gasteiger partial charge in [-0.25, -0.2) is 0 Å². The van der Waals surface area contributed by atoms with Crippen LogP contribution in [0, 0.1) is 6.92 Å². The molecule has 0 spiro atoms. The van der Waals surface area contributed by atoms with Crippen molar-refractivity contribution >= 4 is 64.1 Å². The number of carbonyl (C=O) groups is 2. The second-order valence-corrected chi connectivity index (χ2v) is 10.3. The Morgan fingerprint density at radius 1 is 0.947 bits per heavy atom. The van der Waals surface area contributed by atoms with Gasteiger partial charge in [-0.3, -0.25) is 14.2 Å². The Labute approximate surface area is 238 Å². The highest BCUT2D eigenvalue weighted by Gasteiger charge is 2.17. The van der Waals surface area contributed by atoms with Crippen LogP contribution < -0.4 is 15.4 Å². The number of hydrogen-bond acceptors (Lipinski definition) is 6. The quantitative estimate of drug-likeness (QED) is 0.221. The first-order valence-electron chi connectivity index (χ1n) is 11.3. The van der Waals surface area contributed by atoms with Crippen molar-refractivity contribution in [3.63, 3.8) is 0 Å². The third kappa shape index (κ3) is 7.64. The number of nitrogens with zero attached hydrogens (tertiary/aromatic N) is 3. The molecular formula is C26H22Cl3N5O3S. The maximum atomic E-state index is 12.6. The fraction of sp³-hybridized carbons (Fsp3) is 0.154. The molecule has 2 N–H and O–H groups in total. The number of hydrogen-bond donors (Lipinski definition) is 2. The number of anilines is 1. The van der Waals surface area contributed by atoms with E-state index in [0.29, 0.717) is 37.5 Å². The van der Waals surface area contributed by atoms with Gasteiger partial charge >= 0.3 is 0 Å². The molecule has 0 aliphatic rings. The molecule has 2 amide bonds. The van der Waals surface area contributed by atoms with E-state index < -0.39 is 0 Å². The molecule has 0 bridgehead atoms. The number of benzene rings is 3. The van der Waals surface area contributed by atoms with Gasteiger partial charge in [0, 0.05) is 15.7 Å². The van der Waals surface area contributed by atoms with Gasteiger partial charge in [-0.05, 0) is 61.0 Å². The summed E-state index contributed by atoms with van der Waals surface area (Å²) in [6, 6.07) is 19.4. The monoisotopic (exact) mass is 589 g/mol. The summed E-state index contributed by atoms with van der Waals surface area (Å²) in [5.74, 6) is 0.328. The highest BCUT2D eigenvalue weighted by atomic mass is 35.5. The molecule has 1 heterocycles. The Balaban J connectivity index is 1.43. The van der Waals surface area contributed by atoms with Crippen LogP contribution in [0.3, 0.4) is 0 Å². The zero-order chi connectivity index (χ0) is 27.1. The zero-order valence-corrected chi connectivity index (χ0v) is 23.2. The minimum Gasteiger partial charge on any atom is -0.482 e. The molecule has 0 saturated heterocycles. The molecule has 4 rings (SSSR count). The van der Waals surface area contributed by atoms with Crippen LogP contribution in [0.15, 0.2) is 71.9 Å². The highest BCUT2D eigenvalue weighted by Crippen LogP contribution is 2.27. The summed E-state index contributed by atoms with van der Waals surface area (Å²) >= 11 is 19.4. The van der Waals surface area contributed by atoms with Crippen LogP contribution in [0.25, 0.3) is 5.69 Å². The lowest BCUT2D eigenvalue weighted by atomic mass is 10.2. The SMILES string of the molecule is Cc1cccc(NC(=O)CSc2nnc(CNC(=O)COc3ccc(Cl)cc3Cl)n2-c2cccc(Cl)c2)c1. The smallest absolute Gasteiger partial charge is 0.258 e. The van der Waals surface area contributed by atoms with Crippen LogP contribution in [0.2, 0.25) is 15.1 Å². The van der Waals surface area contributed by atoms with Crippen molar-refractivity contribution in [2.45, 2.75) is 18.6 Å². The van der Waals surface area contributed by atoms with Crippen molar-refractivity contribution in [1.29, 1.82) is 0 Å². The van der Waals surface area contributed by atoms with Gasteiger partial charge in [-0.15, -0.1) is 10.2 Å². The number of nitrogens with one attached hydrogen (secondary N) is 2. The Morgan fingerprint density at radius 2 is 1.74 bits per heavy atom. The van der Waals surface area contributed by atoms with Gasteiger partial charge in [0.25, 0.3) is 5.91 Å². The van der Waals surface area contributed by atoms with E-state index in [-0.39, 0.29) is 30.7 Å². The first-order chi connectivity index (χ1) is 18.3. The fourth-order valence-electron chi connectivity index (χ4n) is 3.40. The minimum atomic E-state index is -0.386. The average Bonchev–Trinajstić information content (AvgIpc) is 3.28. The maximum absolute atomic E-state index is 12.6. The molecule has 0 saturated carbocycles. The lowest BCUT2D eigenvalue weighted by Crippen LogP contribution is -2.29. The first kappa shape index (κ1) is 27.8. The summed E-state index contributed by atoms with van der Waals surface area (Å²) in [6.45, 7) is 1.76. The molecular weight excluding hydrogens is 569 g/mol. The number of amides is 2. The van der Waals surface area contributed by atoms with Gasteiger partial charge in [-0.1, -0.05) is 64.8 Å². The van der Waals surface area contributed by atoms with E-state index in [1.807, 2.05) is 37.3 Å². The molecule has 12 heteroatoms. The van der Waals surface area contributed by atoms with Gasteiger partial charge in [0.15, 0.2) is 17.6 Å². The lowest BCUT2D eigenvalue weighted by molar-refractivity contribution is -0.123. The molecule has 0 aliphatic carbocycles. The summed E-state index contributed by atoms with van der Waals surface area (Å²) in [7, 11) is 0. The van der Waals surface area contributed by atoms with Gasteiger partial charge in [0.05, 0.1) is 23.0 Å². The largest absolute Gasteiger partial charge is 0.482 e. The predicted molar refractivity (Wildman–Crippen MR) is 151 cm³/mol. The normalized spacial score (nSPS) is 10.7. The van der Waals surface area contributed by atoms with Gasteiger partial charge in [0.1, 0.15) is 5.75 Å². The van der Waals surface area contributed by atoms with E-state index in [9.17, 15) is 9.59 Å². The number of aromatic nitrogens is 3. The van der Waals surface area contributed by atoms with E-state index in [0.717, 1.165) is 11.3 Å². The number of aryl methyl sites for hydroxylation is 1. The van der Waals surface area contributed by atoms with Crippen molar-refractivity contribution in [2.75, 3.05) is 17.7 Å². The molecule has 3 aromatic carbocycles. The lowest BCUT2D eigenvalue weighted by Gasteiger charge is -2.12. The molecule has 0 unspecified atom stereocenters. The summed E-state index contributed by atoms with van der Waals surface area (Å²) in [4.78, 5) is 25.0. The second-order valence-electron chi connectivity index (χ2n) is 8.06. The zero-order valence-electron chi connectivity index (χ0n) is 20.1. The summed E-state index contributed by atoms with van der Waals surface area (Å²) in [5.41, 5.74) is 2.46. The van der Waals surface area contributed by atoms with E-state index in [4.69, 9.17) is 39.5 Å². The number of thioether (sulfide) groups is 1. The number of ether oxygens (including phenoxy) is 1. The van der Waals surface area contributed by atoms with Gasteiger partial charge in [0.2, 0.25) is 5.91 Å². The number of carbonyl (C=O) groups excluding carboxylic acids is 2. The van der Waals surface area contributed by atoms with E-state index in [1.165, 1.54) is 17.8 Å². The molecule has 38 heavy (non-hydrogen) atoms. The van der Waals surface area contributed by atoms with Crippen LogP contribution in [-0.2, 0) is 16.1 Å². The first-order valence-corrected chi connectivity index (χ1v) is 13.4. The number of halogens is 3. The van der Waals surface area contributed by atoms with Crippen LogP contribution in [0.1, 0.15) is 11.4 Å². The van der Waals surface area contributed by atoms with Crippen LogP contribution in [-0.4, -0.2) is 38.9 Å². The van der Waals surface area contributed by atoms with Crippen molar-refractivity contribution in [3.05, 3.63) is 93.2 Å². The van der Waals surface area contributed by atoms with Crippen LogP contribution >= 0.6 is 46.6 Å². The summed E-state index contributed by atoms with van der Waals surface area (Å²) in [5, 5.41) is 15.9. The Hall–Kier alpha value is -3.24. The molecule has 0 aliphatic heterocycles. The van der Waals surface area contributed by atoms with Gasteiger partial charge in [-0.2, -0.15) is 0 Å². The summed E-state index contributed by atoms with van der Waals surface area (Å²) < 4.78 is 7.23. The minimum absolute atomic E-state index is 0.0616. The molecule has 1 aromatic heterocycles. The average molecular weight is 591 g/mol. The highest BCUT2D eigenvalue weighted by molar-refractivity contribution is 7.99. The molecule has 196 valence electrons. The van der Waals surface area contributed by atoms with E-state index in [1.54, 1.807) is 34.9 Å². The third-order valence-electron chi connectivity index (χ3n) is 5.10.